The summed E-state index contributed by atoms with van der Waals surface area (Å²) in [6.07, 6.45) is 0.851. The molecule has 2 atom stereocenters. The first-order chi connectivity index (χ1) is 11.2. The molecule has 0 spiro atoms. The first kappa shape index (κ1) is 16.4. The molecular formula is C16H23N3O3S. The van der Waals surface area contributed by atoms with Crippen LogP contribution in [-0.4, -0.2) is 63.2 Å². The summed E-state index contributed by atoms with van der Waals surface area (Å²) in [5, 5.41) is 8.43. The van der Waals surface area contributed by atoms with Crippen LogP contribution in [0.5, 0.6) is 0 Å². The van der Waals surface area contributed by atoms with Gasteiger partial charge in [0.1, 0.15) is 6.61 Å². The summed E-state index contributed by atoms with van der Waals surface area (Å²) in [7, 11) is 1.52. The lowest BCUT2D eigenvalue weighted by Crippen LogP contribution is -2.48. The zero-order chi connectivity index (χ0) is 16.3. The van der Waals surface area contributed by atoms with Crippen molar-refractivity contribution in [3.8, 4) is 0 Å². The fraction of sp³-hybridized carbons (Fsp3) is 0.625. The van der Waals surface area contributed by atoms with Gasteiger partial charge in [0.25, 0.3) is 0 Å². The zero-order valence-electron chi connectivity index (χ0n) is 13.3. The van der Waals surface area contributed by atoms with E-state index in [4.69, 9.17) is 4.74 Å². The van der Waals surface area contributed by atoms with Crippen LogP contribution in [0.3, 0.4) is 0 Å². The van der Waals surface area contributed by atoms with E-state index in [1.54, 1.807) is 16.2 Å². The van der Waals surface area contributed by atoms with Gasteiger partial charge in [0, 0.05) is 50.6 Å². The third-order valence-corrected chi connectivity index (χ3v) is 5.77. The number of hydrogen-bond donors (Lipinski definition) is 2. The van der Waals surface area contributed by atoms with Crippen LogP contribution >= 0.6 is 11.3 Å². The van der Waals surface area contributed by atoms with Crippen LogP contribution in [0.15, 0.2) is 17.5 Å². The van der Waals surface area contributed by atoms with Gasteiger partial charge in [-0.3, -0.25) is 9.59 Å². The van der Waals surface area contributed by atoms with Crippen molar-refractivity contribution < 1.29 is 14.3 Å². The van der Waals surface area contributed by atoms with Gasteiger partial charge in [0.15, 0.2) is 0 Å². The summed E-state index contributed by atoms with van der Waals surface area (Å²) in [6, 6.07) is 4.10. The Kier molecular flexibility index (Phi) is 4.99. The number of carbonyl (C=O) groups is 2. The number of amides is 2. The molecule has 1 aromatic rings. The molecule has 23 heavy (non-hydrogen) atoms. The van der Waals surface area contributed by atoms with Crippen LogP contribution in [0.4, 0.5) is 0 Å². The average Bonchev–Trinajstić information content (AvgIpc) is 3.22. The van der Waals surface area contributed by atoms with E-state index in [1.165, 1.54) is 12.0 Å². The summed E-state index contributed by atoms with van der Waals surface area (Å²) < 4.78 is 4.93. The molecule has 2 N–H and O–H groups in total. The van der Waals surface area contributed by atoms with Gasteiger partial charge < -0.3 is 20.3 Å². The molecule has 0 saturated carbocycles. The molecule has 1 aromatic heterocycles. The Labute approximate surface area is 140 Å². The third-order valence-electron chi connectivity index (χ3n) is 4.84. The minimum absolute atomic E-state index is 0.0346. The molecule has 7 heteroatoms. The van der Waals surface area contributed by atoms with Crippen LogP contribution in [0.2, 0.25) is 0 Å². The van der Waals surface area contributed by atoms with E-state index in [0.717, 1.165) is 13.0 Å². The monoisotopic (exact) mass is 337 g/mol. The minimum Gasteiger partial charge on any atom is -0.375 e. The van der Waals surface area contributed by atoms with Gasteiger partial charge in [0.2, 0.25) is 11.8 Å². The van der Waals surface area contributed by atoms with Gasteiger partial charge in [0.05, 0.1) is 5.41 Å². The van der Waals surface area contributed by atoms with Gasteiger partial charge in [-0.2, -0.15) is 0 Å². The van der Waals surface area contributed by atoms with Gasteiger partial charge in [-0.1, -0.05) is 6.07 Å². The zero-order valence-corrected chi connectivity index (χ0v) is 14.2. The number of nitrogens with one attached hydrogen (secondary N) is 2. The Morgan fingerprint density at radius 2 is 2.43 bits per heavy atom. The predicted octanol–water partition coefficient (Wildman–Crippen LogP) is 0.101. The van der Waals surface area contributed by atoms with Crippen molar-refractivity contribution in [2.45, 2.75) is 6.42 Å². The van der Waals surface area contributed by atoms with Crippen LogP contribution < -0.4 is 10.6 Å². The Morgan fingerprint density at radius 1 is 1.57 bits per heavy atom. The van der Waals surface area contributed by atoms with Crippen molar-refractivity contribution in [1.29, 1.82) is 0 Å². The highest BCUT2D eigenvalue weighted by Crippen LogP contribution is 2.39. The summed E-state index contributed by atoms with van der Waals surface area (Å²) in [6.45, 7) is 3.26. The van der Waals surface area contributed by atoms with Gasteiger partial charge >= 0.3 is 0 Å². The van der Waals surface area contributed by atoms with Crippen molar-refractivity contribution in [2.75, 3.05) is 46.4 Å². The number of ether oxygens (including phenoxy) is 1. The van der Waals surface area contributed by atoms with Crippen molar-refractivity contribution >= 4 is 23.2 Å². The van der Waals surface area contributed by atoms with Crippen LogP contribution in [-0.2, 0) is 20.7 Å². The van der Waals surface area contributed by atoms with Crippen molar-refractivity contribution in [1.82, 2.24) is 15.5 Å². The number of carbonyl (C=O) groups excluding carboxylic acids is 2. The lowest BCUT2D eigenvalue weighted by Gasteiger charge is -2.26. The van der Waals surface area contributed by atoms with Crippen molar-refractivity contribution in [3.05, 3.63) is 22.4 Å². The van der Waals surface area contributed by atoms with Gasteiger partial charge in [-0.25, -0.2) is 0 Å². The summed E-state index contributed by atoms with van der Waals surface area (Å²) in [5.41, 5.74) is -0.487. The highest BCUT2D eigenvalue weighted by molar-refractivity contribution is 7.09. The van der Waals surface area contributed by atoms with Crippen molar-refractivity contribution in [2.24, 2.45) is 11.3 Å². The largest absolute Gasteiger partial charge is 0.375 e. The maximum Gasteiger partial charge on any atom is 0.248 e. The first-order valence-electron chi connectivity index (χ1n) is 7.94. The maximum absolute atomic E-state index is 12.8. The number of rotatable bonds is 6. The Balaban J connectivity index is 1.59. The lowest BCUT2D eigenvalue weighted by molar-refractivity contribution is -0.135. The molecule has 0 bridgehead atoms. The Bertz CT molecular complexity index is 563. The number of fused-ring (bicyclic) bond motifs is 1. The standard InChI is InChI=1S/C16H23N3O3S/c1-22-9-14(20)19-8-12-7-17-10-16(12,11-19)15(21)18-5-4-13-3-2-6-23-13/h2-3,6,12,17H,4-5,7-11H2,1H3,(H,18,21)/t12-,16-/m0/s1. The van der Waals surface area contributed by atoms with E-state index < -0.39 is 5.41 Å². The average molecular weight is 337 g/mol. The Hall–Kier alpha value is -1.44. The molecule has 2 saturated heterocycles. The molecule has 0 aliphatic carbocycles. The van der Waals surface area contributed by atoms with E-state index in [-0.39, 0.29) is 24.3 Å². The molecule has 0 aromatic carbocycles. The number of methoxy groups -OCH3 is 1. The minimum atomic E-state index is -0.487. The molecule has 2 fully saturated rings. The van der Waals surface area contributed by atoms with Crippen LogP contribution in [0, 0.1) is 11.3 Å². The highest BCUT2D eigenvalue weighted by atomic mass is 32.1. The number of thiophene rings is 1. The fourth-order valence-corrected chi connectivity index (χ4v) is 4.29. The second kappa shape index (κ2) is 6.98. The SMILES string of the molecule is COCC(=O)N1C[C@@H]2CNC[C@]2(C(=O)NCCc2cccs2)C1. The normalized spacial score (nSPS) is 26.3. The van der Waals surface area contributed by atoms with Gasteiger partial charge in [-0.15, -0.1) is 11.3 Å². The molecule has 3 rings (SSSR count). The number of nitrogens with zero attached hydrogens (tertiary/aromatic N) is 1. The van der Waals surface area contributed by atoms with E-state index in [0.29, 0.717) is 26.2 Å². The van der Waals surface area contributed by atoms with Crippen LogP contribution in [0.1, 0.15) is 4.88 Å². The van der Waals surface area contributed by atoms with E-state index in [9.17, 15) is 9.59 Å². The molecule has 6 nitrogen and oxygen atoms in total. The molecule has 0 unspecified atom stereocenters. The smallest absolute Gasteiger partial charge is 0.248 e. The second-order valence-electron chi connectivity index (χ2n) is 6.28. The summed E-state index contributed by atoms with van der Waals surface area (Å²) in [5.74, 6) is 0.217. The fourth-order valence-electron chi connectivity index (χ4n) is 3.58. The molecule has 2 aliphatic heterocycles. The second-order valence-corrected chi connectivity index (χ2v) is 7.31. The quantitative estimate of drug-likeness (QED) is 0.772. The van der Waals surface area contributed by atoms with Gasteiger partial charge in [-0.05, 0) is 17.9 Å². The summed E-state index contributed by atoms with van der Waals surface area (Å²) in [4.78, 5) is 27.9. The molecular weight excluding hydrogens is 314 g/mol. The number of hydrogen-bond acceptors (Lipinski definition) is 5. The van der Waals surface area contributed by atoms with E-state index >= 15 is 0 Å². The number of likely N-dealkylation sites (tertiary alicyclic amines) is 1. The topological polar surface area (TPSA) is 70.7 Å². The first-order valence-corrected chi connectivity index (χ1v) is 8.82. The van der Waals surface area contributed by atoms with Crippen LogP contribution in [0.25, 0.3) is 0 Å². The highest BCUT2D eigenvalue weighted by Gasteiger charge is 2.55. The third kappa shape index (κ3) is 3.27. The maximum atomic E-state index is 12.8. The van der Waals surface area contributed by atoms with Crippen molar-refractivity contribution in [3.63, 3.8) is 0 Å². The molecule has 3 heterocycles. The predicted molar refractivity (Wildman–Crippen MR) is 88.3 cm³/mol. The summed E-state index contributed by atoms with van der Waals surface area (Å²) >= 11 is 1.70. The molecule has 2 aliphatic rings. The van der Waals surface area contributed by atoms with E-state index in [1.807, 2.05) is 11.4 Å². The lowest BCUT2D eigenvalue weighted by atomic mass is 9.80. The van der Waals surface area contributed by atoms with E-state index in [2.05, 4.69) is 16.7 Å². The molecule has 126 valence electrons. The molecule has 2 amide bonds. The molecule has 0 radical (unpaired) electrons. The Morgan fingerprint density at radius 3 is 3.17 bits per heavy atom.